The van der Waals surface area contributed by atoms with E-state index in [1.54, 1.807) is 42.6 Å². The molecule has 7 nitrogen and oxygen atoms in total. The number of nitrogens with zero attached hydrogens (tertiary/aromatic N) is 3. The van der Waals surface area contributed by atoms with Crippen LogP contribution in [0, 0.1) is 0 Å². The van der Waals surface area contributed by atoms with Crippen LogP contribution in [0.25, 0.3) is 10.9 Å². The lowest BCUT2D eigenvalue weighted by Crippen LogP contribution is -2.22. The molecule has 3 aromatic carbocycles. The molecule has 4 rings (SSSR count). The van der Waals surface area contributed by atoms with Crippen LogP contribution in [0.2, 0.25) is 0 Å². The number of carboxylic acids is 1. The number of aromatic nitrogens is 2. The van der Waals surface area contributed by atoms with Gasteiger partial charge in [-0.25, -0.2) is 9.78 Å². The van der Waals surface area contributed by atoms with Gasteiger partial charge in [0.05, 0.1) is 22.7 Å². The number of aryl methyl sites for hydroxylation is 1. The zero-order valence-corrected chi connectivity index (χ0v) is 20.7. The van der Waals surface area contributed by atoms with Gasteiger partial charge in [0.25, 0.3) is 5.56 Å². The summed E-state index contributed by atoms with van der Waals surface area (Å²) in [6.07, 6.45) is 4.18. The van der Waals surface area contributed by atoms with Crippen molar-refractivity contribution in [3.8, 4) is 5.75 Å². The second kappa shape index (κ2) is 11.1. The highest BCUT2D eigenvalue weighted by atomic mass is 79.9. The number of hydrogen-bond donors (Lipinski definition) is 1. The van der Waals surface area contributed by atoms with E-state index < -0.39 is 5.97 Å². The first-order chi connectivity index (χ1) is 16.9. The SMILES string of the molecule is CCCCc1nc2ccc(Br)cc2c(=O)n1N=Cc1ccc(OCc2cccc(C(=O)O)c2)cc1. The molecule has 0 bridgehead atoms. The first-order valence-corrected chi connectivity index (χ1v) is 12.0. The van der Waals surface area contributed by atoms with Crippen LogP contribution < -0.4 is 10.3 Å². The summed E-state index contributed by atoms with van der Waals surface area (Å²) in [4.78, 5) is 29.0. The summed E-state index contributed by atoms with van der Waals surface area (Å²) in [6, 6.07) is 19.4. The van der Waals surface area contributed by atoms with Gasteiger partial charge < -0.3 is 9.84 Å². The van der Waals surface area contributed by atoms with Crippen molar-refractivity contribution >= 4 is 39.0 Å². The Hall–Kier alpha value is -3.78. The standard InChI is InChI=1S/C27H24BrN3O4/c1-2-3-7-25-30-24-13-10-21(28)15-23(24)26(32)31(25)29-16-18-8-11-22(12-9-18)35-17-19-5-4-6-20(14-19)27(33)34/h4-6,8-16H,2-3,7,17H2,1H3,(H,33,34). The molecule has 1 aromatic heterocycles. The molecule has 0 radical (unpaired) electrons. The van der Waals surface area contributed by atoms with Crippen molar-refractivity contribution in [1.82, 2.24) is 9.66 Å². The monoisotopic (exact) mass is 533 g/mol. The van der Waals surface area contributed by atoms with Gasteiger partial charge in [0.2, 0.25) is 0 Å². The van der Waals surface area contributed by atoms with Gasteiger partial charge in [-0.3, -0.25) is 4.79 Å². The number of benzene rings is 3. The number of carboxylic acid groups (broad SMARTS) is 1. The van der Waals surface area contributed by atoms with Gasteiger partial charge >= 0.3 is 5.97 Å². The molecule has 0 aliphatic heterocycles. The van der Waals surface area contributed by atoms with Crippen LogP contribution >= 0.6 is 15.9 Å². The molecule has 0 saturated carbocycles. The van der Waals surface area contributed by atoms with Crippen LogP contribution in [-0.2, 0) is 13.0 Å². The van der Waals surface area contributed by atoms with Gasteiger partial charge in [-0.1, -0.05) is 41.4 Å². The third-order valence-electron chi connectivity index (χ3n) is 5.41. The van der Waals surface area contributed by atoms with Crippen LogP contribution in [0.15, 0.2) is 81.1 Å². The van der Waals surface area contributed by atoms with Crippen LogP contribution in [0.5, 0.6) is 5.75 Å². The Bertz CT molecular complexity index is 1450. The van der Waals surface area contributed by atoms with Crippen LogP contribution in [0.1, 0.15) is 47.1 Å². The van der Waals surface area contributed by atoms with Gasteiger partial charge in [-0.15, -0.1) is 0 Å². The van der Waals surface area contributed by atoms with Crippen molar-refractivity contribution in [2.24, 2.45) is 5.10 Å². The lowest BCUT2D eigenvalue weighted by Gasteiger charge is -2.09. The number of aromatic carboxylic acids is 1. The summed E-state index contributed by atoms with van der Waals surface area (Å²) in [5.41, 5.74) is 2.24. The molecule has 0 aliphatic rings. The number of halogens is 1. The first-order valence-electron chi connectivity index (χ1n) is 11.2. The number of carbonyl (C=O) groups is 1. The predicted molar refractivity (Wildman–Crippen MR) is 139 cm³/mol. The smallest absolute Gasteiger partial charge is 0.335 e. The average Bonchev–Trinajstić information content (AvgIpc) is 2.87. The number of hydrogen-bond acceptors (Lipinski definition) is 5. The van der Waals surface area contributed by atoms with Crippen molar-refractivity contribution < 1.29 is 14.6 Å². The molecule has 0 aliphatic carbocycles. The lowest BCUT2D eigenvalue weighted by atomic mass is 10.1. The summed E-state index contributed by atoms with van der Waals surface area (Å²) >= 11 is 3.42. The normalized spacial score (nSPS) is 11.3. The highest BCUT2D eigenvalue weighted by Gasteiger charge is 2.11. The van der Waals surface area contributed by atoms with E-state index in [1.807, 2.05) is 30.3 Å². The van der Waals surface area contributed by atoms with E-state index in [2.05, 4.69) is 32.9 Å². The third kappa shape index (κ3) is 6.02. The summed E-state index contributed by atoms with van der Waals surface area (Å²) in [5, 5.41) is 14.1. The van der Waals surface area contributed by atoms with Gasteiger partial charge in [-0.05, 0) is 72.1 Å². The Morgan fingerprint density at radius 3 is 2.69 bits per heavy atom. The summed E-state index contributed by atoms with van der Waals surface area (Å²) in [7, 11) is 0. The Morgan fingerprint density at radius 2 is 1.94 bits per heavy atom. The largest absolute Gasteiger partial charge is 0.489 e. The van der Waals surface area contributed by atoms with Gasteiger partial charge in [-0.2, -0.15) is 9.78 Å². The third-order valence-corrected chi connectivity index (χ3v) is 5.90. The maximum Gasteiger partial charge on any atom is 0.335 e. The number of rotatable bonds is 9. The molecule has 1 N–H and O–H groups in total. The van der Waals surface area contributed by atoms with E-state index in [9.17, 15) is 9.59 Å². The van der Waals surface area contributed by atoms with Crippen LogP contribution in [0.3, 0.4) is 0 Å². The molecule has 0 fully saturated rings. The Kier molecular flexibility index (Phi) is 7.72. The van der Waals surface area contributed by atoms with Crippen molar-refractivity contribution in [3.63, 3.8) is 0 Å². The molecule has 4 aromatic rings. The molecule has 0 amide bonds. The van der Waals surface area contributed by atoms with Crippen molar-refractivity contribution in [2.75, 3.05) is 0 Å². The Morgan fingerprint density at radius 1 is 1.14 bits per heavy atom. The van der Waals surface area contributed by atoms with Gasteiger partial charge in [0.15, 0.2) is 0 Å². The quantitative estimate of drug-likeness (QED) is 0.280. The van der Waals surface area contributed by atoms with E-state index in [1.165, 1.54) is 4.68 Å². The molecular formula is C27H24BrN3O4. The second-order valence-electron chi connectivity index (χ2n) is 8.02. The minimum Gasteiger partial charge on any atom is -0.489 e. The van der Waals surface area contributed by atoms with Crippen LogP contribution in [-0.4, -0.2) is 27.0 Å². The first kappa shape index (κ1) is 24.3. The number of fused-ring (bicyclic) bond motifs is 1. The number of ether oxygens (including phenoxy) is 1. The fourth-order valence-corrected chi connectivity index (χ4v) is 3.91. The summed E-state index contributed by atoms with van der Waals surface area (Å²) in [5.74, 6) is 0.300. The van der Waals surface area contributed by atoms with E-state index in [0.717, 1.165) is 28.4 Å². The predicted octanol–water partition coefficient (Wildman–Crippen LogP) is 5.66. The molecule has 178 valence electrons. The number of unbranched alkanes of at least 4 members (excludes halogenated alkanes) is 1. The zero-order valence-electron chi connectivity index (χ0n) is 19.1. The van der Waals surface area contributed by atoms with E-state index >= 15 is 0 Å². The molecular weight excluding hydrogens is 510 g/mol. The molecule has 1 heterocycles. The maximum absolute atomic E-state index is 13.2. The highest BCUT2D eigenvalue weighted by molar-refractivity contribution is 9.10. The average molecular weight is 534 g/mol. The minimum absolute atomic E-state index is 0.206. The zero-order chi connectivity index (χ0) is 24.8. The van der Waals surface area contributed by atoms with Crippen LogP contribution in [0.4, 0.5) is 0 Å². The summed E-state index contributed by atoms with van der Waals surface area (Å²) < 4.78 is 7.97. The lowest BCUT2D eigenvalue weighted by molar-refractivity contribution is 0.0696. The Labute approximate surface area is 210 Å². The Balaban J connectivity index is 1.53. The summed E-state index contributed by atoms with van der Waals surface area (Å²) in [6.45, 7) is 2.35. The van der Waals surface area contributed by atoms with E-state index in [4.69, 9.17) is 9.84 Å². The minimum atomic E-state index is -0.971. The van der Waals surface area contributed by atoms with Crippen molar-refractivity contribution in [3.05, 3.63) is 104 Å². The fraction of sp³-hybridized carbons (Fsp3) is 0.185. The van der Waals surface area contributed by atoms with Crippen molar-refractivity contribution in [2.45, 2.75) is 32.8 Å². The van der Waals surface area contributed by atoms with Gasteiger partial charge in [0.1, 0.15) is 18.2 Å². The fourth-order valence-electron chi connectivity index (χ4n) is 3.55. The van der Waals surface area contributed by atoms with Gasteiger partial charge in [0, 0.05) is 10.9 Å². The van der Waals surface area contributed by atoms with E-state index in [0.29, 0.717) is 28.9 Å². The second-order valence-corrected chi connectivity index (χ2v) is 8.93. The molecule has 8 heteroatoms. The molecule has 0 spiro atoms. The van der Waals surface area contributed by atoms with Crippen molar-refractivity contribution in [1.29, 1.82) is 0 Å². The molecule has 0 saturated heterocycles. The molecule has 0 unspecified atom stereocenters. The topological polar surface area (TPSA) is 93.8 Å². The van der Waals surface area contributed by atoms with E-state index in [-0.39, 0.29) is 17.7 Å². The molecule has 35 heavy (non-hydrogen) atoms. The maximum atomic E-state index is 13.2. The molecule has 0 atom stereocenters. The highest BCUT2D eigenvalue weighted by Crippen LogP contribution is 2.17.